The fourth-order valence-electron chi connectivity index (χ4n) is 3.65. The summed E-state index contributed by atoms with van der Waals surface area (Å²) in [6.45, 7) is 12.5. The summed E-state index contributed by atoms with van der Waals surface area (Å²) in [5.41, 5.74) is 1.05. The van der Waals surface area contributed by atoms with Crippen LogP contribution in [0.4, 0.5) is 0 Å². The highest BCUT2D eigenvalue weighted by atomic mass is 16.3. The zero-order valence-electron chi connectivity index (χ0n) is 14.8. The normalized spacial score (nSPS) is 17.9. The van der Waals surface area contributed by atoms with Crippen molar-refractivity contribution in [2.75, 3.05) is 32.7 Å². The van der Waals surface area contributed by atoms with Crippen LogP contribution < -0.4 is 5.32 Å². The second-order valence-corrected chi connectivity index (χ2v) is 7.56. The average Bonchev–Trinajstić information content (AvgIpc) is 2.99. The van der Waals surface area contributed by atoms with Crippen molar-refractivity contribution in [3.05, 3.63) is 36.1 Å². The molecule has 2 aromatic rings. The van der Waals surface area contributed by atoms with Gasteiger partial charge in [-0.1, -0.05) is 39.0 Å². The molecule has 0 unspecified atom stereocenters. The summed E-state index contributed by atoms with van der Waals surface area (Å²) in [5.74, 6) is 1.95. The summed E-state index contributed by atoms with van der Waals surface area (Å²) in [4.78, 5) is 2.61. The highest BCUT2D eigenvalue weighted by Gasteiger charge is 2.29. The number of piperidine rings is 1. The standard InChI is InChI=1S/C20H30N2O/c1-4-21-14-16-9-11-22(12-10-16)15-20(2,3)19-13-17-7-5-6-8-18(17)23-19/h5-8,13,16,21H,4,9-12,14-15H2,1-3H3. The van der Waals surface area contributed by atoms with Crippen molar-refractivity contribution in [1.29, 1.82) is 0 Å². The van der Waals surface area contributed by atoms with E-state index in [1.54, 1.807) is 0 Å². The van der Waals surface area contributed by atoms with Crippen LogP contribution in [0, 0.1) is 5.92 Å². The summed E-state index contributed by atoms with van der Waals surface area (Å²) in [5, 5.41) is 4.70. The van der Waals surface area contributed by atoms with E-state index in [4.69, 9.17) is 4.42 Å². The van der Waals surface area contributed by atoms with Gasteiger partial charge in [-0.25, -0.2) is 0 Å². The minimum absolute atomic E-state index is 0.0491. The Morgan fingerprint density at radius 3 is 2.65 bits per heavy atom. The van der Waals surface area contributed by atoms with E-state index < -0.39 is 0 Å². The van der Waals surface area contributed by atoms with Crippen LogP contribution in [0.1, 0.15) is 39.4 Å². The summed E-state index contributed by atoms with van der Waals surface area (Å²) in [6, 6.07) is 10.5. The molecule has 0 spiro atoms. The van der Waals surface area contributed by atoms with E-state index in [-0.39, 0.29) is 5.41 Å². The molecule has 1 aliphatic heterocycles. The van der Waals surface area contributed by atoms with E-state index in [1.807, 2.05) is 6.07 Å². The number of benzene rings is 1. The van der Waals surface area contributed by atoms with Gasteiger partial charge in [-0.3, -0.25) is 0 Å². The van der Waals surface area contributed by atoms with Gasteiger partial charge in [-0.2, -0.15) is 0 Å². The molecule has 0 aliphatic carbocycles. The number of fused-ring (bicyclic) bond motifs is 1. The molecule has 1 N–H and O–H groups in total. The molecule has 126 valence electrons. The first-order valence-electron chi connectivity index (χ1n) is 9.00. The number of furan rings is 1. The van der Waals surface area contributed by atoms with Crippen LogP contribution >= 0.6 is 0 Å². The smallest absolute Gasteiger partial charge is 0.134 e. The zero-order valence-corrected chi connectivity index (χ0v) is 14.8. The van der Waals surface area contributed by atoms with Gasteiger partial charge in [0.15, 0.2) is 0 Å². The van der Waals surface area contributed by atoms with E-state index in [1.165, 1.54) is 37.9 Å². The van der Waals surface area contributed by atoms with Crippen molar-refractivity contribution >= 4 is 11.0 Å². The monoisotopic (exact) mass is 314 g/mol. The third-order valence-electron chi connectivity index (χ3n) is 5.10. The lowest BCUT2D eigenvalue weighted by atomic mass is 9.87. The average molecular weight is 314 g/mol. The SMILES string of the molecule is CCNCC1CCN(CC(C)(C)c2cc3ccccc3o2)CC1. The maximum atomic E-state index is 6.11. The van der Waals surface area contributed by atoms with Crippen molar-refractivity contribution in [3.8, 4) is 0 Å². The van der Waals surface area contributed by atoms with Crippen LogP contribution in [0.15, 0.2) is 34.7 Å². The van der Waals surface area contributed by atoms with Crippen molar-refractivity contribution in [1.82, 2.24) is 10.2 Å². The van der Waals surface area contributed by atoms with Gasteiger partial charge >= 0.3 is 0 Å². The molecule has 1 aliphatic rings. The van der Waals surface area contributed by atoms with Gasteiger partial charge in [0.2, 0.25) is 0 Å². The van der Waals surface area contributed by atoms with Crippen LogP contribution in [-0.2, 0) is 5.41 Å². The summed E-state index contributed by atoms with van der Waals surface area (Å²) >= 11 is 0. The Morgan fingerprint density at radius 1 is 1.22 bits per heavy atom. The Bertz CT molecular complexity index is 590. The molecule has 0 bridgehead atoms. The first-order valence-corrected chi connectivity index (χ1v) is 9.00. The third kappa shape index (κ3) is 3.96. The topological polar surface area (TPSA) is 28.4 Å². The Hall–Kier alpha value is -1.32. The third-order valence-corrected chi connectivity index (χ3v) is 5.10. The van der Waals surface area contributed by atoms with Gasteiger partial charge < -0.3 is 14.6 Å². The zero-order chi connectivity index (χ0) is 16.3. The fourth-order valence-corrected chi connectivity index (χ4v) is 3.65. The van der Waals surface area contributed by atoms with Crippen LogP contribution in [-0.4, -0.2) is 37.6 Å². The Kier molecular flexibility index (Phi) is 5.08. The van der Waals surface area contributed by atoms with E-state index in [0.717, 1.165) is 30.4 Å². The minimum Gasteiger partial charge on any atom is -0.460 e. The van der Waals surface area contributed by atoms with Crippen LogP contribution in [0.3, 0.4) is 0 Å². The number of nitrogens with zero attached hydrogens (tertiary/aromatic N) is 1. The Morgan fingerprint density at radius 2 is 1.96 bits per heavy atom. The largest absolute Gasteiger partial charge is 0.460 e. The van der Waals surface area contributed by atoms with E-state index in [2.05, 4.69) is 55.3 Å². The Labute approximate surface area is 140 Å². The Balaban J connectivity index is 1.60. The van der Waals surface area contributed by atoms with E-state index in [9.17, 15) is 0 Å². The lowest BCUT2D eigenvalue weighted by Gasteiger charge is -2.36. The highest BCUT2D eigenvalue weighted by molar-refractivity contribution is 5.77. The molecule has 1 aromatic carbocycles. The number of rotatable bonds is 6. The molecule has 1 fully saturated rings. The molecule has 1 saturated heterocycles. The summed E-state index contributed by atoms with van der Waals surface area (Å²) in [7, 11) is 0. The van der Waals surface area contributed by atoms with Crippen LogP contribution in [0.5, 0.6) is 0 Å². The van der Waals surface area contributed by atoms with Crippen molar-refractivity contribution < 1.29 is 4.42 Å². The van der Waals surface area contributed by atoms with Crippen LogP contribution in [0.25, 0.3) is 11.0 Å². The molecule has 3 heteroatoms. The van der Waals surface area contributed by atoms with Crippen molar-refractivity contribution in [2.24, 2.45) is 5.92 Å². The molecule has 3 nitrogen and oxygen atoms in total. The molecule has 0 amide bonds. The number of nitrogens with one attached hydrogen (secondary N) is 1. The second kappa shape index (κ2) is 7.06. The predicted octanol–water partition coefficient (Wildman–Crippen LogP) is 4.03. The molecule has 1 aromatic heterocycles. The second-order valence-electron chi connectivity index (χ2n) is 7.56. The predicted molar refractivity (Wildman–Crippen MR) is 96.9 cm³/mol. The highest BCUT2D eigenvalue weighted by Crippen LogP contribution is 2.31. The molecule has 2 heterocycles. The van der Waals surface area contributed by atoms with Crippen molar-refractivity contribution in [2.45, 2.75) is 39.0 Å². The molecule has 23 heavy (non-hydrogen) atoms. The maximum absolute atomic E-state index is 6.11. The maximum Gasteiger partial charge on any atom is 0.134 e. The molecule has 3 rings (SSSR count). The lowest BCUT2D eigenvalue weighted by Crippen LogP contribution is -2.43. The number of hydrogen-bond donors (Lipinski definition) is 1. The number of para-hydroxylation sites is 1. The molecule has 0 radical (unpaired) electrons. The molecule has 0 saturated carbocycles. The molecule has 0 atom stereocenters. The van der Waals surface area contributed by atoms with Gasteiger partial charge in [-0.05, 0) is 57.1 Å². The first kappa shape index (κ1) is 16.5. The minimum atomic E-state index is 0.0491. The lowest BCUT2D eigenvalue weighted by molar-refractivity contribution is 0.148. The molecular weight excluding hydrogens is 284 g/mol. The van der Waals surface area contributed by atoms with Crippen LogP contribution in [0.2, 0.25) is 0 Å². The number of likely N-dealkylation sites (tertiary alicyclic amines) is 1. The van der Waals surface area contributed by atoms with Gasteiger partial charge in [0.05, 0.1) is 0 Å². The van der Waals surface area contributed by atoms with E-state index in [0.29, 0.717) is 0 Å². The van der Waals surface area contributed by atoms with E-state index >= 15 is 0 Å². The van der Waals surface area contributed by atoms with Gasteiger partial charge in [0, 0.05) is 17.3 Å². The van der Waals surface area contributed by atoms with Gasteiger partial charge in [0.25, 0.3) is 0 Å². The first-order chi connectivity index (χ1) is 11.1. The number of hydrogen-bond acceptors (Lipinski definition) is 3. The van der Waals surface area contributed by atoms with Crippen molar-refractivity contribution in [3.63, 3.8) is 0 Å². The van der Waals surface area contributed by atoms with Gasteiger partial charge in [0.1, 0.15) is 11.3 Å². The fraction of sp³-hybridized carbons (Fsp3) is 0.600. The van der Waals surface area contributed by atoms with Gasteiger partial charge in [-0.15, -0.1) is 0 Å². The summed E-state index contributed by atoms with van der Waals surface area (Å²) in [6.07, 6.45) is 2.62. The quantitative estimate of drug-likeness (QED) is 0.872. The molecular formula is C20H30N2O. The summed E-state index contributed by atoms with van der Waals surface area (Å²) < 4.78 is 6.11.